The molecule has 0 heterocycles. The summed E-state index contributed by atoms with van der Waals surface area (Å²) in [5, 5.41) is 6.63. The number of rotatable bonds is 9. The van der Waals surface area contributed by atoms with E-state index in [1.165, 1.54) is 0 Å². The predicted molar refractivity (Wildman–Crippen MR) is 75.4 cm³/mol. The summed E-state index contributed by atoms with van der Waals surface area (Å²) in [6, 6.07) is 8.04. The van der Waals surface area contributed by atoms with Gasteiger partial charge in [0, 0.05) is 32.4 Å². The predicted octanol–water partition coefficient (Wildman–Crippen LogP) is 2.12. The SMILES string of the molecule is COCCNCCNc1ccc(OC(C)C)cc1. The van der Waals surface area contributed by atoms with Crippen molar-refractivity contribution in [2.45, 2.75) is 20.0 Å². The van der Waals surface area contributed by atoms with Crippen LogP contribution in [0, 0.1) is 0 Å². The van der Waals surface area contributed by atoms with E-state index < -0.39 is 0 Å². The first-order valence-electron chi connectivity index (χ1n) is 6.42. The van der Waals surface area contributed by atoms with Gasteiger partial charge in [-0.3, -0.25) is 0 Å². The van der Waals surface area contributed by atoms with E-state index >= 15 is 0 Å². The molecule has 4 nitrogen and oxygen atoms in total. The molecule has 102 valence electrons. The normalized spacial score (nSPS) is 10.7. The summed E-state index contributed by atoms with van der Waals surface area (Å²) >= 11 is 0. The molecule has 1 aromatic rings. The van der Waals surface area contributed by atoms with Crippen molar-refractivity contribution < 1.29 is 9.47 Å². The number of methoxy groups -OCH3 is 1. The van der Waals surface area contributed by atoms with Crippen LogP contribution in [0.2, 0.25) is 0 Å². The summed E-state index contributed by atoms with van der Waals surface area (Å²) in [5.41, 5.74) is 1.11. The summed E-state index contributed by atoms with van der Waals surface area (Å²) in [7, 11) is 1.71. The molecule has 0 saturated carbocycles. The Morgan fingerprint density at radius 3 is 2.39 bits per heavy atom. The molecule has 18 heavy (non-hydrogen) atoms. The first-order valence-corrected chi connectivity index (χ1v) is 6.42. The van der Waals surface area contributed by atoms with Gasteiger partial charge in [-0.15, -0.1) is 0 Å². The van der Waals surface area contributed by atoms with Crippen molar-refractivity contribution in [2.75, 3.05) is 38.7 Å². The Labute approximate surface area is 110 Å². The average Bonchev–Trinajstić information content (AvgIpc) is 2.35. The molecule has 0 aromatic heterocycles. The fourth-order valence-corrected chi connectivity index (χ4v) is 1.52. The number of benzene rings is 1. The van der Waals surface area contributed by atoms with Gasteiger partial charge in [-0.2, -0.15) is 0 Å². The summed E-state index contributed by atoms with van der Waals surface area (Å²) in [4.78, 5) is 0. The molecule has 0 radical (unpaired) electrons. The molecule has 0 unspecified atom stereocenters. The summed E-state index contributed by atoms with van der Waals surface area (Å²) in [6.07, 6.45) is 0.216. The van der Waals surface area contributed by atoms with Gasteiger partial charge in [-0.1, -0.05) is 0 Å². The zero-order valence-electron chi connectivity index (χ0n) is 11.5. The molecule has 0 aliphatic heterocycles. The van der Waals surface area contributed by atoms with Crippen LogP contribution >= 0.6 is 0 Å². The maximum absolute atomic E-state index is 5.59. The van der Waals surface area contributed by atoms with E-state index in [1.807, 2.05) is 38.1 Å². The standard InChI is InChI=1S/C14H24N2O2/c1-12(2)18-14-6-4-13(5-7-14)16-9-8-15-10-11-17-3/h4-7,12,15-16H,8-11H2,1-3H3. The zero-order chi connectivity index (χ0) is 13.2. The number of nitrogens with one attached hydrogen (secondary N) is 2. The fraction of sp³-hybridized carbons (Fsp3) is 0.571. The molecular formula is C14H24N2O2. The third-order valence-electron chi connectivity index (χ3n) is 2.34. The highest BCUT2D eigenvalue weighted by Crippen LogP contribution is 2.16. The van der Waals surface area contributed by atoms with Crippen LogP contribution in [-0.2, 0) is 4.74 Å². The van der Waals surface area contributed by atoms with Crippen LogP contribution in [0.15, 0.2) is 24.3 Å². The quantitative estimate of drug-likeness (QED) is 0.661. The smallest absolute Gasteiger partial charge is 0.119 e. The van der Waals surface area contributed by atoms with Crippen LogP contribution in [0.4, 0.5) is 5.69 Å². The Kier molecular flexibility index (Phi) is 7.22. The van der Waals surface area contributed by atoms with Gasteiger partial charge in [0.25, 0.3) is 0 Å². The van der Waals surface area contributed by atoms with Crippen LogP contribution < -0.4 is 15.4 Å². The number of hydrogen-bond acceptors (Lipinski definition) is 4. The zero-order valence-corrected chi connectivity index (χ0v) is 11.5. The van der Waals surface area contributed by atoms with Gasteiger partial charge in [0.05, 0.1) is 12.7 Å². The lowest BCUT2D eigenvalue weighted by molar-refractivity contribution is 0.200. The first kappa shape index (κ1) is 14.8. The Morgan fingerprint density at radius 1 is 1.06 bits per heavy atom. The van der Waals surface area contributed by atoms with Gasteiger partial charge in [0.15, 0.2) is 0 Å². The van der Waals surface area contributed by atoms with Crippen LogP contribution in [0.1, 0.15) is 13.8 Å². The maximum atomic E-state index is 5.59. The van der Waals surface area contributed by atoms with E-state index in [1.54, 1.807) is 7.11 Å². The van der Waals surface area contributed by atoms with Gasteiger partial charge >= 0.3 is 0 Å². The second kappa shape index (κ2) is 8.78. The van der Waals surface area contributed by atoms with Crippen molar-refractivity contribution in [2.24, 2.45) is 0 Å². The average molecular weight is 252 g/mol. The van der Waals surface area contributed by atoms with E-state index in [4.69, 9.17) is 9.47 Å². The minimum Gasteiger partial charge on any atom is -0.491 e. The first-order chi connectivity index (χ1) is 8.72. The minimum absolute atomic E-state index is 0.216. The van der Waals surface area contributed by atoms with Crippen LogP contribution in [0.3, 0.4) is 0 Å². The molecule has 0 fully saturated rings. The second-order valence-electron chi connectivity index (χ2n) is 4.36. The molecule has 4 heteroatoms. The number of ether oxygens (including phenoxy) is 2. The minimum atomic E-state index is 0.216. The molecule has 0 spiro atoms. The summed E-state index contributed by atoms with van der Waals surface area (Å²) in [5.74, 6) is 0.911. The Balaban J connectivity index is 2.18. The van der Waals surface area contributed by atoms with Crippen molar-refractivity contribution >= 4 is 5.69 Å². The van der Waals surface area contributed by atoms with Gasteiger partial charge in [-0.25, -0.2) is 0 Å². The molecule has 2 N–H and O–H groups in total. The molecular weight excluding hydrogens is 228 g/mol. The van der Waals surface area contributed by atoms with E-state index in [9.17, 15) is 0 Å². The highest BCUT2D eigenvalue weighted by molar-refractivity contribution is 5.46. The lowest BCUT2D eigenvalue weighted by atomic mass is 10.3. The third kappa shape index (κ3) is 6.47. The summed E-state index contributed by atoms with van der Waals surface area (Å²) < 4.78 is 10.5. The molecule has 0 atom stereocenters. The van der Waals surface area contributed by atoms with Crippen molar-refractivity contribution in [1.82, 2.24) is 5.32 Å². The molecule has 1 aromatic carbocycles. The molecule has 0 aliphatic carbocycles. The van der Waals surface area contributed by atoms with Crippen molar-refractivity contribution in [3.8, 4) is 5.75 Å². The van der Waals surface area contributed by atoms with Crippen LogP contribution in [-0.4, -0.2) is 39.5 Å². The van der Waals surface area contributed by atoms with E-state index in [-0.39, 0.29) is 6.10 Å². The van der Waals surface area contributed by atoms with Gasteiger partial charge in [-0.05, 0) is 38.1 Å². The largest absolute Gasteiger partial charge is 0.491 e. The Morgan fingerprint density at radius 2 is 1.78 bits per heavy atom. The highest BCUT2D eigenvalue weighted by atomic mass is 16.5. The topological polar surface area (TPSA) is 42.5 Å². The van der Waals surface area contributed by atoms with Gasteiger partial charge in [0.1, 0.15) is 5.75 Å². The molecule has 0 saturated heterocycles. The lowest BCUT2D eigenvalue weighted by Crippen LogP contribution is -2.25. The van der Waals surface area contributed by atoms with Crippen LogP contribution in [0.25, 0.3) is 0 Å². The van der Waals surface area contributed by atoms with E-state index in [2.05, 4.69) is 10.6 Å². The second-order valence-corrected chi connectivity index (χ2v) is 4.36. The van der Waals surface area contributed by atoms with Gasteiger partial charge in [0.2, 0.25) is 0 Å². The lowest BCUT2D eigenvalue weighted by Gasteiger charge is -2.11. The van der Waals surface area contributed by atoms with Crippen molar-refractivity contribution in [1.29, 1.82) is 0 Å². The molecule has 0 bridgehead atoms. The Hall–Kier alpha value is -1.26. The Bertz CT molecular complexity index is 312. The fourth-order valence-electron chi connectivity index (χ4n) is 1.52. The maximum Gasteiger partial charge on any atom is 0.119 e. The number of hydrogen-bond donors (Lipinski definition) is 2. The summed E-state index contributed by atoms with van der Waals surface area (Å²) in [6.45, 7) is 7.51. The van der Waals surface area contributed by atoms with E-state index in [0.29, 0.717) is 0 Å². The van der Waals surface area contributed by atoms with Crippen molar-refractivity contribution in [3.05, 3.63) is 24.3 Å². The highest BCUT2D eigenvalue weighted by Gasteiger charge is 1.97. The third-order valence-corrected chi connectivity index (χ3v) is 2.34. The van der Waals surface area contributed by atoms with Gasteiger partial charge < -0.3 is 20.1 Å². The molecule has 0 aliphatic rings. The molecule has 0 amide bonds. The molecule has 1 rings (SSSR count). The number of anilines is 1. The van der Waals surface area contributed by atoms with E-state index in [0.717, 1.165) is 37.7 Å². The van der Waals surface area contributed by atoms with Crippen molar-refractivity contribution in [3.63, 3.8) is 0 Å². The van der Waals surface area contributed by atoms with Crippen LogP contribution in [0.5, 0.6) is 5.75 Å². The monoisotopic (exact) mass is 252 g/mol.